The highest BCUT2D eigenvalue weighted by molar-refractivity contribution is 5.94. The van der Waals surface area contributed by atoms with Crippen LogP contribution in [-0.2, 0) is 14.2 Å². The van der Waals surface area contributed by atoms with E-state index >= 15 is 0 Å². The molecule has 0 spiro atoms. The van der Waals surface area contributed by atoms with Gasteiger partial charge in [0, 0.05) is 6.61 Å². The number of ether oxygens (including phenoxy) is 3. The third-order valence-electron chi connectivity index (χ3n) is 8.24. The number of rotatable bonds is 11. The van der Waals surface area contributed by atoms with Gasteiger partial charge in [-0.05, 0) is 118 Å². The molecular formula is C32H38O9. The van der Waals surface area contributed by atoms with Crippen LogP contribution in [-0.4, -0.2) is 60.5 Å². The molecule has 0 saturated heterocycles. The monoisotopic (exact) mass is 566 g/mol. The van der Waals surface area contributed by atoms with Gasteiger partial charge in [-0.2, -0.15) is 0 Å². The fourth-order valence-electron chi connectivity index (χ4n) is 5.50. The van der Waals surface area contributed by atoms with Crippen LogP contribution in [0.15, 0.2) is 48.5 Å². The zero-order valence-corrected chi connectivity index (χ0v) is 23.2. The normalized spacial score (nSPS) is 22.4. The second-order valence-corrected chi connectivity index (χ2v) is 11.2. The van der Waals surface area contributed by atoms with E-state index in [1.54, 1.807) is 24.3 Å². The van der Waals surface area contributed by atoms with E-state index in [2.05, 4.69) is 0 Å². The van der Waals surface area contributed by atoms with Crippen molar-refractivity contribution in [3.63, 3.8) is 0 Å². The van der Waals surface area contributed by atoms with Crippen molar-refractivity contribution in [3.8, 4) is 0 Å². The van der Waals surface area contributed by atoms with Crippen molar-refractivity contribution in [2.45, 2.75) is 51.4 Å². The largest absolute Gasteiger partial charge is 0.478 e. The molecule has 2 saturated carbocycles. The lowest BCUT2D eigenvalue weighted by molar-refractivity contribution is 0.0297. The number of aliphatic hydroxyl groups excluding tert-OH is 1. The van der Waals surface area contributed by atoms with E-state index in [1.807, 2.05) is 0 Å². The quantitative estimate of drug-likeness (QED) is 0.279. The third-order valence-corrected chi connectivity index (χ3v) is 8.24. The molecule has 0 heterocycles. The Hall–Kier alpha value is -3.72. The zero-order chi connectivity index (χ0) is 29.2. The van der Waals surface area contributed by atoms with Crippen LogP contribution in [0.5, 0.6) is 0 Å². The molecule has 2 fully saturated rings. The Morgan fingerprint density at radius 2 is 0.927 bits per heavy atom. The molecule has 0 unspecified atom stereocenters. The molecule has 2 N–H and O–H groups in total. The summed E-state index contributed by atoms with van der Waals surface area (Å²) in [6.45, 7) is 1.15. The Morgan fingerprint density at radius 3 is 1.32 bits per heavy atom. The van der Waals surface area contributed by atoms with E-state index in [1.165, 1.54) is 24.3 Å². The fraction of sp³-hybridized carbons (Fsp3) is 0.500. The van der Waals surface area contributed by atoms with Crippen molar-refractivity contribution < 1.29 is 43.6 Å². The molecule has 41 heavy (non-hydrogen) atoms. The van der Waals surface area contributed by atoms with Crippen molar-refractivity contribution >= 4 is 23.9 Å². The molecule has 0 aliphatic heterocycles. The summed E-state index contributed by atoms with van der Waals surface area (Å²) in [5.41, 5.74) is 1.01. The minimum atomic E-state index is -1.10. The number of hydrogen-bond acceptors (Lipinski definition) is 8. The van der Waals surface area contributed by atoms with Crippen molar-refractivity contribution in [1.29, 1.82) is 0 Å². The standard InChI is InChI=1S/C32H38O9/c33-17-21-4-6-22(7-5-21)18-39-30(36)25-12-14-26(15-13-25)31(37)40-19-23-8-10-24(11-9-23)20-41-32(38)28-3-1-2-27(16-28)29(34)35/h1-3,12-16,21-24,33H,4-11,17-20H2,(H,34,35). The predicted octanol–water partition coefficient (Wildman–Crippen LogP) is 5.16. The lowest BCUT2D eigenvalue weighted by Crippen LogP contribution is -2.24. The molecule has 0 aromatic heterocycles. The number of benzene rings is 2. The molecule has 4 rings (SSSR count). The summed E-state index contributed by atoms with van der Waals surface area (Å²) in [6, 6.07) is 12.1. The Bertz CT molecular complexity index is 1190. The topological polar surface area (TPSA) is 136 Å². The molecule has 220 valence electrons. The van der Waals surface area contributed by atoms with E-state index in [0.29, 0.717) is 36.2 Å². The van der Waals surface area contributed by atoms with Gasteiger partial charge in [0.2, 0.25) is 0 Å². The second kappa shape index (κ2) is 14.8. The molecule has 2 aromatic carbocycles. The van der Waals surface area contributed by atoms with Crippen LogP contribution in [0, 0.1) is 23.7 Å². The Kier molecular flexibility index (Phi) is 10.9. The summed E-state index contributed by atoms with van der Waals surface area (Å²) in [6.07, 6.45) is 7.17. The molecule has 0 bridgehead atoms. The molecule has 0 atom stereocenters. The number of carboxylic acid groups (broad SMARTS) is 1. The van der Waals surface area contributed by atoms with Gasteiger partial charge in [-0.15, -0.1) is 0 Å². The molecule has 2 aliphatic rings. The average molecular weight is 567 g/mol. The highest BCUT2D eigenvalue weighted by Gasteiger charge is 2.25. The van der Waals surface area contributed by atoms with Gasteiger partial charge in [0.15, 0.2) is 0 Å². The summed E-state index contributed by atoms with van der Waals surface area (Å²) in [5, 5.41) is 18.3. The van der Waals surface area contributed by atoms with Gasteiger partial charge in [-0.1, -0.05) is 6.07 Å². The minimum absolute atomic E-state index is 0.0384. The number of carboxylic acids is 1. The van der Waals surface area contributed by atoms with Gasteiger partial charge < -0.3 is 24.4 Å². The number of aromatic carboxylic acids is 1. The smallest absolute Gasteiger partial charge is 0.338 e. The van der Waals surface area contributed by atoms with E-state index in [-0.39, 0.29) is 36.2 Å². The van der Waals surface area contributed by atoms with E-state index < -0.39 is 23.9 Å². The Morgan fingerprint density at radius 1 is 0.561 bits per heavy atom. The lowest BCUT2D eigenvalue weighted by Gasteiger charge is -2.27. The van der Waals surface area contributed by atoms with Crippen LogP contribution in [0.25, 0.3) is 0 Å². The van der Waals surface area contributed by atoms with Gasteiger partial charge in [0.25, 0.3) is 0 Å². The molecular weight excluding hydrogens is 528 g/mol. The van der Waals surface area contributed by atoms with E-state index in [0.717, 1.165) is 51.4 Å². The number of esters is 3. The minimum Gasteiger partial charge on any atom is -0.478 e. The molecule has 9 heteroatoms. The van der Waals surface area contributed by atoms with Crippen LogP contribution in [0.3, 0.4) is 0 Å². The van der Waals surface area contributed by atoms with Gasteiger partial charge in [-0.3, -0.25) is 0 Å². The van der Waals surface area contributed by atoms with Gasteiger partial charge >= 0.3 is 23.9 Å². The van der Waals surface area contributed by atoms with E-state index in [4.69, 9.17) is 19.3 Å². The Balaban J connectivity index is 1.13. The number of hydrogen-bond donors (Lipinski definition) is 2. The highest BCUT2D eigenvalue weighted by atomic mass is 16.5. The predicted molar refractivity (Wildman–Crippen MR) is 149 cm³/mol. The molecule has 9 nitrogen and oxygen atoms in total. The zero-order valence-electron chi connectivity index (χ0n) is 23.2. The van der Waals surface area contributed by atoms with Crippen LogP contribution >= 0.6 is 0 Å². The van der Waals surface area contributed by atoms with Crippen LogP contribution in [0.2, 0.25) is 0 Å². The SMILES string of the molecule is O=C(O)c1cccc(C(=O)OCC2CCC(COC(=O)c3ccc(C(=O)OCC4CCC(CO)CC4)cc3)CC2)c1. The first kappa shape index (κ1) is 30.2. The van der Waals surface area contributed by atoms with Crippen molar-refractivity contribution in [2.24, 2.45) is 23.7 Å². The number of carbonyl (C=O) groups is 4. The third kappa shape index (κ3) is 8.88. The van der Waals surface area contributed by atoms with Crippen LogP contribution < -0.4 is 0 Å². The van der Waals surface area contributed by atoms with Gasteiger partial charge in [0.05, 0.1) is 42.1 Å². The average Bonchev–Trinajstić information content (AvgIpc) is 3.02. The molecule has 2 aromatic rings. The van der Waals surface area contributed by atoms with Crippen molar-refractivity contribution in [2.75, 3.05) is 26.4 Å². The Labute approximate surface area is 239 Å². The maximum Gasteiger partial charge on any atom is 0.338 e. The van der Waals surface area contributed by atoms with Crippen LogP contribution in [0.4, 0.5) is 0 Å². The summed E-state index contributed by atoms with van der Waals surface area (Å²) in [4.78, 5) is 48.4. The number of aliphatic hydroxyl groups is 1. The summed E-state index contributed by atoms with van der Waals surface area (Å²) in [7, 11) is 0. The van der Waals surface area contributed by atoms with Gasteiger partial charge in [-0.25, -0.2) is 19.2 Å². The number of carbonyl (C=O) groups excluding carboxylic acids is 3. The lowest BCUT2D eigenvalue weighted by atomic mass is 9.83. The fourth-order valence-corrected chi connectivity index (χ4v) is 5.50. The summed E-state index contributed by atoms with van der Waals surface area (Å²) >= 11 is 0. The highest BCUT2D eigenvalue weighted by Crippen LogP contribution is 2.30. The second-order valence-electron chi connectivity index (χ2n) is 11.2. The first-order chi connectivity index (χ1) is 19.8. The molecule has 0 amide bonds. The summed E-state index contributed by atoms with van der Waals surface area (Å²) < 4.78 is 16.4. The first-order valence-electron chi connectivity index (χ1n) is 14.4. The van der Waals surface area contributed by atoms with Crippen molar-refractivity contribution in [1.82, 2.24) is 0 Å². The van der Waals surface area contributed by atoms with Crippen LogP contribution in [0.1, 0.15) is 92.8 Å². The van der Waals surface area contributed by atoms with Crippen molar-refractivity contribution in [3.05, 3.63) is 70.8 Å². The van der Waals surface area contributed by atoms with E-state index in [9.17, 15) is 24.3 Å². The molecule has 2 aliphatic carbocycles. The van der Waals surface area contributed by atoms with Gasteiger partial charge in [0.1, 0.15) is 0 Å². The summed E-state index contributed by atoms with van der Waals surface area (Å²) in [5.74, 6) is -1.38. The maximum absolute atomic E-state index is 12.5. The first-order valence-corrected chi connectivity index (χ1v) is 14.4. The molecule has 0 radical (unpaired) electrons. The maximum atomic E-state index is 12.5.